The zero-order valence-electron chi connectivity index (χ0n) is 25.7. The van der Waals surface area contributed by atoms with Crippen molar-refractivity contribution in [1.82, 2.24) is 0 Å². The van der Waals surface area contributed by atoms with Crippen LogP contribution in [0, 0.1) is 12.3 Å². The van der Waals surface area contributed by atoms with Crippen molar-refractivity contribution in [3.63, 3.8) is 0 Å². The van der Waals surface area contributed by atoms with Gasteiger partial charge in [-0.3, -0.25) is 0 Å². The van der Waals surface area contributed by atoms with Gasteiger partial charge in [-0.15, -0.1) is 0 Å². The van der Waals surface area contributed by atoms with Gasteiger partial charge in [-0.05, 0) is 63.2 Å². The van der Waals surface area contributed by atoms with Gasteiger partial charge in [0.1, 0.15) is 18.2 Å². The van der Waals surface area contributed by atoms with Crippen LogP contribution in [-0.4, -0.2) is 0 Å². The van der Waals surface area contributed by atoms with Crippen LogP contribution in [0.2, 0.25) is 0 Å². The Hall–Kier alpha value is -4.43. The van der Waals surface area contributed by atoms with E-state index in [0.717, 1.165) is 55.3 Å². The van der Waals surface area contributed by atoms with E-state index in [1.807, 2.05) is 45.0 Å². The predicted molar refractivity (Wildman–Crippen MR) is 169 cm³/mol. The molecule has 0 saturated heterocycles. The van der Waals surface area contributed by atoms with Crippen LogP contribution < -0.4 is 4.57 Å². The molecule has 7 rings (SSSR count). The minimum absolute atomic E-state index is 0.497. The summed E-state index contributed by atoms with van der Waals surface area (Å²) in [6.07, 6.45) is 0.667. The Kier molecular flexibility index (Phi) is 5.07. The molecule has 0 amide bonds. The normalized spacial score (nSPS) is 13.3. The molecule has 2 heteroatoms. The van der Waals surface area contributed by atoms with Crippen LogP contribution in [0.4, 0.5) is 0 Å². The third kappa shape index (κ3) is 4.07. The molecule has 5 aromatic carbocycles. The maximum absolute atomic E-state index is 8.66. The van der Waals surface area contributed by atoms with Crippen molar-refractivity contribution in [2.45, 2.75) is 34.1 Å². The Morgan fingerprint density at radius 2 is 1.43 bits per heavy atom. The van der Waals surface area contributed by atoms with E-state index in [2.05, 4.69) is 97.5 Å². The van der Waals surface area contributed by atoms with E-state index in [9.17, 15) is 0 Å². The van der Waals surface area contributed by atoms with Crippen molar-refractivity contribution in [2.75, 3.05) is 0 Å². The molecule has 7 aromatic rings. The number of aryl methyl sites for hydroxylation is 2. The highest BCUT2D eigenvalue weighted by atomic mass is 16.3. The summed E-state index contributed by atoms with van der Waals surface area (Å²) in [5.41, 5.74) is 7.45. The van der Waals surface area contributed by atoms with Gasteiger partial charge in [0.05, 0.1) is 5.56 Å². The minimum atomic E-state index is -1.43. The zero-order chi connectivity index (χ0) is 29.4. The first kappa shape index (κ1) is 22.4. The van der Waals surface area contributed by atoms with Gasteiger partial charge < -0.3 is 4.42 Å². The maximum atomic E-state index is 8.66. The quantitative estimate of drug-likeness (QED) is 0.167. The number of hydrogen-bond donors (Lipinski definition) is 0. The summed E-state index contributed by atoms with van der Waals surface area (Å²) in [6.45, 7) is 7.97. The lowest BCUT2D eigenvalue weighted by atomic mass is 9.87. The second-order valence-electron chi connectivity index (χ2n) is 11.9. The number of aromatic nitrogens is 1. The van der Waals surface area contributed by atoms with E-state index in [4.69, 9.17) is 7.16 Å². The highest BCUT2D eigenvalue weighted by molar-refractivity contribution is 6.24. The number of fused-ring (bicyclic) bond motifs is 7. The Morgan fingerprint density at radius 3 is 2.23 bits per heavy atom. The van der Waals surface area contributed by atoms with E-state index in [0.29, 0.717) is 5.56 Å². The molecule has 0 unspecified atom stereocenters. The first-order valence-electron chi connectivity index (χ1n) is 14.9. The van der Waals surface area contributed by atoms with Crippen molar-refractivity contribution in [3.05, 3.63) is 114 Å². The molecule has 0 radical (unpaired) electrons. The molecule has 40 heavy (non-hydrogen) atoms. The zero-order valence-corrected chi connectivity index (χ0v) is 23.7. The Morgan fingerprint density at radius 1 is 0.725 bits per heavy atom. The SMILES string of the molecule is [2H]C([2H])(c1ccc(-c2cc[n+](C)c(-c3c(C)ccc4c3oc3c4ccc4ccc5ccccc5c43)c2)cc1)C(C)(C)C. The van der Waals surface area contributed by atoms with Crippen molar-refractivity contribution >= 4 is 43.5 Å². The average Bonchev–Trinajstić information content (AvgIpc) is 3.35. The maximum Gasteiger partial charge on any atom is 0.216 e. The summed E-state index contributed by atoms with van der Waals surface area (Å²) in [6, 6.07) is 33.9. The van der Waals surface area contributed by atoms with Gasteiger partial charge in [0.2, 0.25) is 5.69 Å². The molecule has 0 fully saturated rings. The standard InChI is InChI=1S/C38H34NO/c1-24-10-18-31-32-19-17-28-16-15-27-8-6-7-9-30(27)35(28)37(32)40-36(31)34(24)33-22-29(20-21-39(33)5)26-13-11-25(12-14-26)23-38(2,3)4/h6-22H,23H2,1-5H3/q+1/i23D2. The molecule has 2 heterocycles. The van der Waals surface area contributed by atoms with Gasteiger partial charge in [-0.1, -0.05) is 99.6 Å². The molecule has 0 atom stereocenters. The first-order chi connectivity index (χ1) is 20.0. The lowest BCUT2D eigenvalue weighted by molar-refractivity contribution is -0.660. The van der Waals surface area contributed by atoms with Crippen LogP contribution in [0.15, 0.2) is 108 Å². The van der Waals surface area contributed by atoms with Crippen molar-refractivity contribution in [2.24, 2.45) is 12.5 Å². The largest absolute Gasteiger partial charge is 0.454 e. The number of benzene rings is 5. The van der Waals surface area contributed by atoms with Crippen molar-refractivity contribution < 1.29 is 11.7 Å². The van der Waals surface area contributed by atoms with Gasteiger partial charge in [0.25, 0.3) is 0 Å². The highest BCUT2D eigenvalue weighted by Gasteiger charge is 2.22. The van der Waals surface area contributed by atoms with Crippen LogP contribution in [-0.2, 0) is 13.4 Å². The topological polar surface area (TPSA) is 17.0 Å². The van der Waals surface area contributed by atoms with Gasteiger partial charge in [-0.25, -0.2) is 4.57 Å². The minimum Gasteiger partial charge on any atom is -0.454 e. The highest BCUT2D eigenvalue weighted by Crippen LogP contribution is 2.41. The Bertz CT molecular complexity index is 2170. The molecule has 2 aromatic heterocycles. The number of hydrogen-bond acceptors (Lipinski definition) is 1. The van der Waals surface area contributed by atoms with E-state index < -0.39 is 11.8 Å². The number of nitrogens with zero attached hydrogens (tertiary/aromatic N) is 1. The number of pyridine rings is 1. The van der Waals surface area contributed by atoms with Gasteiger partial charge in [-0.2, -0.15) is 0 Å². The summed E-state index contributed by atoms with van der Waals surface area (Å²) in [4.78, 5) is 0. The second kappa shape index (κ2) is 9.06. The summed E-state index contributed by atoms with van der Waals surface area (Å²) in [5.74, 6) is 0. The molecule has 2 nitrogen and oxygen atoms in total. The van der Waals surface area contributed by atoms with Gasteiger partial charge >= 0.3 is 0 Å². The summed E-state index contributed by atoms with van der Waals surface area (Å²) < 4.78 is 26.3. The number of furan rings is 1. The van der Waals surface area contributed by atoms with Crippen molar-refractivity contribution in [3.8, 4) is 22.4 Å². The Balaban J connectivity index is 1.42. The van der Waals surface area contributed by atoms with E-state index in [1.165, 1.54) is 16.2 Å². The van der Waals surface area contributed by atoms with Crippen molar-refractivity contribution in [1.29, 1.82) is 0 Å². The fourth-order valence-electron chi connectivity index (χ4n) is 5.98. The molecule has 0 bridgehead atoms. The average molecular weight is 523 g/mol. The Labute approximate surface area is 238 Å². The molecule has 0 saturated carbocycles. The lowest BCUT2D eigenvalue weighted by Crippen LogP contribution is -2.30. The van der Waals surface area contributed by atoms with Crippen LogP contribution >= 0.6 is 0 Å². The third-order valence-corrected chi connectivity index (χ3v) is 7.87. The summed E-state index contributed by atoms with van der Waals surface area (Å²) in [5, 5.41) is 6.96. The van der Waals surface area contributed by atoms with Gasteiger partial charge in [0.15, 0.2) is 6.20 Å². The summed E-state index contributed by atoms with van der Waals surface area (Å²) in [7, 11) is 2.07. The molecular weight excluding hydrogens is 486 g/mol. The van der Waals surface area contributed by atoms with Crippen LogP contribution in [0.25, 0.3) is 65.9 Å². The fourth-order valence-corrected chi connectivity index (χ4v) is 5.98. The van der Waals surface area contributed by atoms with Crippen LogP contribution in [0.3, 0.4) is 0 Å². The second-order valence-corrected chi connectivity index (χ2v) is 11.9. The van der Waals surface area contributed by atoms with Gasteiger partial charge in [0, 0.05) is 31.0 Å². The summed E-state index contributed by atoms with van der Waals surface area (Å²) >= 11 is 0. The van der Waals surface area contributed by atoms with E-state index in [1.54, 1.807) is 0 Å². The molecule has 0 aliphatic heterocycles. The lowest BCUT2D eigenvalue weighted by Gasteiger charge is -2.18. The smallest absolute Gasteiger partial charge is 0.216 e. The molecule has 0 spiro atoms. The fraction of sp³-hybridized carbons (Fsp3) is 0.184. The van der Waals surface area contributed by atoms with Crippen LogP contribution in [0.5, 0.6) is 0 Å². The molecular formula is C38H34NO+. The number of rotatable bonds is 3. The first-order valence-corrected chi connectivity index (χ1v) is 13.9. The monoisotopic (exact) mass is 522 g/mol. The molecule has 196 valence electrons. The van der Waals surface area contributed by atoms with E-state index >= 15 is 0 Å². The molecule has 0 aliphatic rings. The van der Waals surface area contributed by atoms with E-state index in [-0.39, 0.29) is 0 Å². The predicted octanol–water partition coefficient (Wildman–Crippen LogP) is 9.95. The molecule has 0 N–H and O–H groups in total. The van der Waals surface area contributed by atoms with Crippen LogP contribution in [0.1, 0.15) is 34.6 Å². The third-order valence-electron chi connectivity index (χ3n) is 7.87. The molecule has 0 aliphatic carbocycles.